The molecule has 62 valence electrons. The molecule has 1 atom stereocenters. The molecule has 5 N–H and O–H groups in total. The molecule has 0 rings (SSSR count). The first kappa shape index (κ1) is 13.3. The molecule has 0 saturated heterocycles. The van der Waals surface area contributed by atoms with E-state index in [2.05, 4.69) is 0 Å². The second kappa shape index (κ2) is 6.41. The van der Waals surface area contributed by atoms with Gasteiger partial charge < -0.3 is 16.6 Å². The number of carboxylic acid groups (broad SMARTS) is 1. The van der Waals surface area contributed by atoms with Crippen LogP contribution in [0.3, 0.4) is 0 Å². The summed E-state index contributed by atoms with van der Waals surface area (Å²) in [6.07, 6.45) is 0.123. The van der Waals surface area contributed by atoms with Gasteiger partial charge in [-0.2, -0.15) is 0 Å². The normalized spacial score (nSPS) is 11.4. The summed E-state index contributed by atoms with van der Waals surface area (Å²) in [4.78, 5) is 20.1. The van der Waals surface area contributed by atoms with Crippen LogP contribution in [0.15, 0.2) is 0 Å². The molecule has 4 radical (unpaired) electrons. The Kier molecular flexibility index (Phi) is 7.75. The van der Waals surface area contributed by atoms with Gasteiger partial charge >= 0.3 is 5.97 Å². The number of carbonyl (C=O) groups excluding carboxylic acids is 1. The molecule has 0 aromatic carbocycles. The third kappa shape index (κ3) is 7.60. The topological polar surface area (TPSA) is 106 Å². The predicted molar refractivity (Wildman–Crippen MR) is 39.8 cm³/mol. The van der Waals surface area contributed by atoms with Crippen LogP contribution in [0.5, 0.6) is 0 Å². The van der Waals surface area contributed by atoms with E-state index >= 15 is 0 Å². The van der Waals surface area contributed by atoms with E-state index in [0.717, 1.165) is 0 Å². The van der Waals surface area contributed by atoms with Gasteiger partial charge in [0.25, 0.3) is 0 Å². The molecule has 11 heavy (non-hydrogen) atoms. The van der Waals surface area contributed by atoms with Crippen LogP contribution in [0.1, 0.15) is 12.8 Å². The molecule has 0 spiro atoms. The summed E-state index contributed by atoms with van der Waals surface area (Å²) < 4.78 is 0. The average Bonchev–Trinajstić information content (AvgIpc) is 1.82. The Morgan fingerprint density at radius 1 is 1.45 bits per heavy atom. The first-order chi connectivity index (χ1) is 4.54. The fraction of sp³-hybridized carbons (Fsp3) is 0.600. The minimum absolute atomic E-state index is 0. The summed E-state index contributed by atoms with van der Waals surface area (Å²) in [5.41, 5.74) is 9.81. The Balaban J connectivity index is 0. The van der Waals surface area contributed by atoms with Crippen LogP contribution < -0.4 is 11.5 Å². The van der Waals surface area contributed by atoms with Crippen LogP contribution in [0.25, 0.3) is 0 Å². The molecule has 0 saturated carbocycles. The first-order valence-electron chi connectivity index (χ1n) is 2.80. The fourth-order valence-corrected chi connectivity index (χ4v) is 0.421. The van der Waals surface area contributed by atoms with E-state index in [-0.39, 0.29) is 36.7 Å². The molecular weight excluding hydrogens is 255 g/mol. The number of nitrogens with two attached hydrogens (primary N) is 2. The summed E-state index contributed by atoms with van der Waals surface area (Å²) >= 11 is 0. The molecule has 0 aliphatic heterocycles. The summed E-state index contributed by atoms with van der Waals surface area (Å²) in [6, 6.07) is -0.979. The molecule has 5 nitrogen and oxygen atoms in total. The van der Waals surface area contributed by atoms with Crippen molar-refractivity contribution < 1.29 is 14.7 Å². The smallest absolute Gasteiger partial charge is 0.320 e. The standard InChI is InChI=1S/C5H10N2O3.Sn/c6-3(5(9)10)1-2-4(7)8;/h3H,1-2,6H2,(H2,7,8)(H,9,10);/t3-;/m0./s1. The monoisotopic (exact) mass is 266 g/mol. The van der Waals surface area contributed by atoms with Crippen molar-refractivity contribution in [2.75, 3.05) is 0 Å². The van der Waals surface area contributed by atoms with Gasteiger partial charge in [0, 0.05) is 30.3 Å². The molecule has 0 bridgehead atoms. The van der Waals surface area contributed by atoms with Crippen molar-refractivity contribution in [3.63, 3.8) is 0 Å². The molecular formula is C5H10N2O3Sn. The van der Waals surface area contributed by atoms with Crippen molar-refractivity contribution in [2.45, 2.75) is 18.9 Å². The number of primary amides is 1. The number of aliphatic carboxylic acids is 1. The van der Waals surface area contributed by atoms with E-state index in [1.807, 2.05) is 0 Å². The van der Waals surface area contributed by atoms with Gasteiger partial charge in [-0.15, -0.1) is 0 Å². The van der Waals surface area contributed by atoms with Crippen molar-refractivity contribution in [3.8, 4) is 0 Å². The Morgan fingerprint density at radius 2 is 1.91 bits per heavy atom. The van der Waals surface area contributed by atoms with Gasteiger partial charge in [-0.1, -0.05) is 0 Å². The van der Waals surface area contributed by atoms with Crippen molar-refractivity contribution in [2.24, 2.45) is 11.5 Å². The number of carbonyl (C=O) groups is 2. The van der Waals surface area contributed by atoms with Crippen molar-refractivity contribution >= 4 is 35.8 Å². The van der Waals surface area contributed by atoms with Crippen molar-refractivity contribution in [3.05, 3.63) is 0 Å². The Bertz CT molecular complexity index is 151. The first-order valence-corrected chi connectivity index (χ1v) is 2.80. The van der Waals surface area contributed by atoms with Gasteiger partial charge in [0.15, 0.2) is 0 Å². The third-order valence-corrected chi connectivity index (χ3v) is 1.02. The van der Waals surface area contributed by atoms with Gasteiger partial charge in [-0.25, -0.2) is 0 Å². The maximum atomic E-state index is 10.1. The molecule has 0 aromatic rings. The second-order valence-electron chi connectivity index (χ2n) is 1.95. The number of hydrogen-bond donors (Lipinski definition) is 3. The SMILES string of the molecule is NC(=O)CC[C@H](N)C(=O)O.[Sn]. The van der Waals surface area contributed by atoms with Gasteiger partial charge in [0.05, 0.1) is 0 Å². The van der Waals surface area contributed by atoms with Gasteiger partial charge in [-0.05, 0) is 6.42 Å². The third-order valence-electron chi connectivity index (χ3n) is 1.02. The Morgan fingerprint density at radius 3 is 2.18 bits per heavy atom. The van der Waals surface area contributed by atoms with Gasteiger partial charge in [0.1, 0.15) is 6.04 Å². The second-order valence-corrected chi connectivity index (χ2v) is 1.95. The van der Waals surface area contributed by atoms with Crippen LogP contribution in [0, 0.1) is 0 Å². The quantitative estimate of drug-likeness (QED) is 0.525. The minimum Gasteiger partial charge on any atom is -0.480 e. The molecule has 6 heteroatoms. The van der Waals surface area contributed by atoms with Crippen LogP contribution in [-0.2, 0) is 9.59 Å². The van der Waals surface area contributed by atoms with Gasteiger partial charge in [-0.3, -0.25) is 9.59 Å². The number of amides is 1. The summed E-state index contributed by atoms with van der Waals surface area (Å²) in [5, 5.41) is 8.22. The average molecular weight is 265 g/mol. The maximum Gasteiger partial charge on any atom is 0.320 e. The molecule has 0 aliphatic rings. The molecule has 0 aliphatic carbocycles. The summed E-state index contributed by atoms with van der Waals surface area (Å²) in [7, 11) is 0. The van der Waals surface area contributed by atoms with Crippen LogP contribution in [0.4, 0.5) is 0 Å². The largest absolute Gasteiger partial charge is 0.480 e. The number of rotatable bonds is 4. The molecule has 1 amide bonds. The molecule has 0 aromatic heterocycles. The zero-order valence-corrected chi connectivity index (χ0v) is 8.76. The fourth-order valence-electron chi connectivity index (χ4n) is 0.421. The number of hydrogen-bond acceptors (Lipinski definition) is 3. The van der Waals surface area contributed by atoms with Gasteiger partial charge in [0.2, 0.25) is 5.91 Å². The minimum atomic E-state index is -1.11. The van der Waals surface area contributed by atoms with Crippen LogP contribution in [0.2, 0.25) is 0 Å². The van der Waals surface area contributed by atoms with E-state index in [4.69, 9.17) is 16.6 Å². The van der Waals surface area contributed by atoms with E-state index in [9.17, 15) is 9.59 Å². The summed E-state index contributed by atoms with van der Waals surface area (Å²) in [5.74, 6) is -1.64. The molecule has 0 heterocycles. The van der Waals surface area contributed by atoms with E-state index < -0.39 is 17.9 Å². The van der Waals surface area contributed by atoms with Crippen LogP contribution >= 0.6 is 0 Å². The predicted octanol–water partition coefficient (Wildman–Crippen LogP) is -1.72. The summed E-state index contributed by atoms with van der Waals surface area (Å²) in [6.45, 7) is 0. The van der Waals surface area contributed by atoms with Crippen LogP contribution in [-0.4, -0.2) is 46.9 Å². The Labute approximate surface area is 81.1 Å². The van der Waals surface area contributed by atoms with Crippen molar-refractivity contribution in [1.82, 2.24) is 0 Å². The van der Waals surface area contributed by atoms with E-state index in [0.29, 0.717) is 0 Å². The molecule has 0 fully saturated rings. The Hall–Kier alpha value is -0.301. The zero-order valence-electron chi connectivity index (χ0n) is 5.91. The van der Waals surface area contributed by atoms with E-state index in [1.165, 1.54) is 0 Å². The van der Waals surface area contributed by atoms with E-state index in [1.54, 1.807) is 0 Å². The number of carboxylic acids is 1. The van der Waals surface area contributed by atoms with Crippen molar-refractivity contribution in [1.29, 1.82) is 0 Å². The molecule has 0 unspecified atom stereocenters. The maximum absolute atomic E-state index is 10.1. The zero-order chi connectivity index (χ0) is 8.15.